The fraction of sp³-hybridized carbons (Fsp3) is 0.357. The van der Waals surface area contributed by atoms with Crippen molar-refractivity contribution in [2.75, 3.05) is 25.5 Å². The molecule has 0 saturated heterocycles. The molecular formula is C14H18ClN3S. The van der Waals surface area contributed by atoms with E-state index in [1.54, 1.807) is 11.3 Å². The van der Waals surface area contributed by atoms with Crippen LogP contribution in [0.1, 0.15) is 10.7 Å². The van der Waals surface area contributed by atoms with Crippen LogP contribution in [0, 0.1) is 6.92 Å². The van der Waals surface area contributed by atoms with Gasteiger partial charge in [-0.3, -0.25) is 4.90 Å². The van der Waals surface area contributed by atoms with Crippen LogP contribution in [-0.4, -0.2) is 30.0 Å². The third-order valence-electron chi connectivity index (χ3n) is 2.75. The number of likely N-dealkylation sites (N-methyl/N-ethyl adjacent to an activating group) is 1. The van der Waals surface area contributed by atoms with E-state index in [1.807, 2.05) is 31.2 Å². The van der Waals surface area contributed by atoms with E-state index in [2.05, 4.69) is 27.6 Å². The van der Waals surface area contributed by atoms with Crippen LogP contribution >= 0.6 is 22.9 Å². The summed E-state index contributed by atoms with van der Waals surface area (Å²) in [6, 6.07) is 7.79. The molecule has 2 rings (SSSR count). The molecule has 0 saturated carbocycles. The molecule has 0 bridgehead atoms. The number of aromatic nitrogens is 1. The summed E-state index contributed by atoms with van der Waals surface area (Å²) < 4.78 is 0. The summed E-state index contributed by atoms with van der Waals surface area (Å²) in [5.41, 5.74) is 2.21. The lowest BCUT2D eigenvalue weighted by Gasteiger charge is -2.16. The molecule has 0 radical (unpaired) electrons. The highest BCUT2D eigenvalue weighted by Gasteiger charge is 2.03. The first-order valence-electron chi connectivity index (χ1n) is 6.22. The van der Waals surface area contributed by atoms with E-state index in [4.69, 9.17) is 11.6 Å². The Hall–Kier alpha value is -1.10. The summed E-state index contributed by atoms with van der Waals surface area (Å²) in [7, 11) is 2.11. The zero-order valence-corrected chi connectivity index (χ0v) is 12.8. The maximum absolute atomic E-state index is 5.94. The molecule has 0 aliphatic rings. The third kappa shape index (κ3) is 4.82. The van der Waals surface area contributed by atoms with Crippen LogP contribution in [0.2, 0.25) is 5.02 Å². The predicted molar refractivity (Wildman–Crippen MR) is 83.1 cm³/mol. The first-order chi connectivity index (χ1) is 9.13. The SMILES string of the molecule is Cc1nc(CN(C)CCNc2cccc(Cl)c2)cs1. The molecule has 0 spiro atoms. The van der Waals surface area contributed by atoms with Gasteiger partial charge in [0.1, 0.15) is 0 Å². The molecule has 5 heteroatoms. The van der Waals surface area contributed by atoms with Gasteiger partial charge >= 0.3 is 0 Å². The molecule has 1 aromatic heterocycles. The van der Waals surface area contributed by atoms with Crippen LogP contribution in [0.3, 0.4) is 0 Å². The maximum Gasteiger partial charge on any atom is 0.0897 e. The monoisotopic (exact) mass is 295 g/mol. The Balaban J connectivity index is 1.73. The van der Waals surface area contributed by atoms with Crippen LogP contribution in [0.5, 0.6) is 0 Å². The standard InChI is InChI=1S/C14H18ClN3S/c1-11-17-14(10-19-11)9-18(2)7-6-16-13-5-3-4-12(15)8-13/h3-5,8,10,16H,6-7,9H2,1-2H3. The second-order valence-electron chi connectivity index (χ2n) is 4.53. The topological polar surface area (TPSA) is 28.2 Å². The number of halogens is 1. The van der Waals surface area contributed by atoms with Gasteiger partial charge < -0.3 is 5.32 Å². The number of thiazole rings is 1. The van der Waals surface area contributed by atoms with Gasteiger partial charge in [0.2, 0.25) is 0 Å². The predicted octanol–water partition coefficient (Wildman–Crippen LogP) is 3.65. The smallest absolute Gasteiger partial charge is 0.0897 e. The zero-order valence-electron chi connectivity index (χ0n) is 11.2. The number of hydrogen-bond donors (Lipinski definition) is 1. The number of nitrogens with one attached hydrogen (secondary N) is 1. The van der Waals surface area contributed by atoms with Crippen molar-refractivity contribution in [1.29, 1.82) is 0 Å². The van der Waals surface area contributed by atoms with E-state index in [0.717, 1.165) is 41.0 Å². The molecule has 1 N–H and O–H groups in total. The van der Waals surface area contributed by atoms with E-state index in [1.165, 1.54) is 0 Å². The van der Waals surface area contributed by atoms with E-state index in [9.17, 15) is 0 Å². The molecule has 0 aliphatic carbocycles. The van der Waals surface area contributed by atoms with Crippen molar-refractivity contribution in [1.82, 2.24) is 9.88 Å². The lowest BCUT2D eigenvalue weighted by Crippen LogP contribution is -2.24. The van der Waals surface area contributed by atoms with Crippen molar-refractivity contribution in [3.63, 3.8) is 0 Å². The van der Waals surface area contributed by atoms with E-state index in [-0.39, 0.29) is 0 Å². The first-order valence-corrected chi connectivity index (χ1v) is 7.48. The Morgan fingerprint density at radius 3 is 2.95 bits per heavy atom. The van der Waals surface area contributed by atoms with Gasteiger partial charge in [0.05, 0.1) is 10.7 Å². The quantitative estimate of drug-likeness (QED) is 0.882. The summed E-state index contributed by atoms with van der Waals surface area (Å²) in [5, 5.41) is 7.37. The van der Waals surface area contributed by atoms with Gasteiger partial charge in [-0.15, -0.1) is 11.3 Å². The lowest BCUT2D eigenvalue weighted by atomic mass is 10.3. The van der Waals surface area contributed by atoms with Crippen LogP contribution in [0.25, 0.3) is 0 Å². The zero-order chi connectivity index (χ0) is 13.7. The molecule has 0 amide bonds. The highest BCUT2D eigenvalue weighted by Crippen LogP contribution is 2.14. The minimum Gasteiger partial charge on any atom is -0.384 e. The normalized spacial score (nSPS) is 10.9. The van der Waals surface area contributed by atoms with Crippen LogP contribution < -0.4 is 5.32 Å². The Morgan fingerprint density at radius 1 is 1.42 bits per heavy atom. The molecule has 0 aliphatic heterocycles. The number of aryl methyl sites for hydroxylation is 1. The summed E-state index contributed by atoms with van der Waals surface area (Å²) in [6.45, 7) is 4.78. The Labute approximate surface area is 123 Å². The Morgan fingerprint density at radius 2 is 2.26 bits per heavy atom. The molecule has 0 unspecified atom stereocenters. The summed E-state index contributed by atoms with van der Waals surface area (Å²) in [5.74, 6) is 0. The number of anilines is 1. The largest absolute Gasteiger partial charge is 0.384 e. The van der Waals surface area contributed by atoms with Gasteiger partial charge in [-0.2, -0.15) is 0 Å². The second kappa shape index (κ2) is 6.89. The number of rotatable bonds is 6. The van der Waals surface area contributed by atoms with Crippen molar-refractivity contribution in [3.05, 3.63) is 45.4 Å². The molecule has 0 atom stereocenters. The minimum atomic E-state index is 0.760. The second-order valence-corrected chi connectivity index (χ2v) is 6.03. The van der Waals surface area contributed by atoms with Gasteiger partial charge in [-0.05, 0) is 32.2 Å². The van der Waals surface area contributed by atoms with Crippen LogP contribution in [0.4, 0.5) is 5.69 Å². The highest BCUT2D eigenvalue weighted by atomic mass is 35.5. The summed E-state index contributed by atoms with van der Waals surface area (Å²) >= 11 is 7.64. The minimum absolute atomic E-state index is 0.760. The maximum atomic E-state index is 5.94. The lowest BCUT2D eigenvalue weighted by molar-refractivity contribution is 0.336. The number of nitrogens with zero attached hydrogens (tertiary/aromatic N) is 2. The molecule has 19 heavy (non-hydrogen) atoms. The summed E-state index contributed by atoms with van der Waals surface area (Å²) in [4.78, 5) is 6.72. The van der Waals surface area contributed by atoms with Gasteiger partial charge in [0, 0.05) is 35.7 Å². The highest BCUT2D eigenvalue weighted by molar-refractivity contribution is 7.09. The van der Waals surface area contributed by atoms with Crippen LogP contribution in [-0.2, 0) is 6.54 Å². The summed E-state index contributed by atoms with van der Waals surface area (Å²) in [6.07, 6.45) is 0. The molecule has 1 aromatic carbocycles. The van der Waals surface area contributed by atoms with Crippen molar-refractivity contribution in [3.8, 4) is 0 Å². The average Bonchev–Trinajstić information content (AvgIpc) is 2.75. The van der Waals surface area contributed by atoms with Gasteiger partial charge in [0.25, 0.3) is 0 Å². The van der Waals surface area contributed by atoms with E-state index in [0.29, 0.717) is 0 Å². The van der Waals surface area contributed by atoms with E-state index < -0.39 is 0 Å². The molecule has 3 nitrogen and oxygen atoms in total. The molecule has 0 fully saturated rings. The van der Waals surface area contributed by atoms with Crippen molar-refractivity contribution in [2.24, 2.45) is 0 Å². The first kappa shape index (κ1) is 14.3. The fourth-order valence-corrected chi connectivity index (χ4v) is 2.62. The van der Waals surface area contributed by atoms with Gasteiger partial charge in [-0.25, -0.2) is 4.98 Å². The van der Waals surface area contributed by atoms with Crippen molar-refractivity contribution >= 4 is 28.6 Å². The average molecular weight is 296 g/mol. The van der Waals surface area contributed by atoms with Crippen molar-refractivity contribution in [2.45, 2.75) is 13.5 Å². The Bertz CT molecular complexity index is 527. The molecule has 1 heterocycles. The number of benzene rings is 1. The number of hydrogen-bond acceptors (Lipinski definition) is 4. The van der Waals surface area contributed by atoms with Gasteiger partial charge in [0.15, 0.2) is 0 Å². The molecular weight excluding hydrogens is 278 g/mol. The molecule has 2 aromatic rings. The van der Waals surface area contributed by atoms with Crippen molar-refractivity contribution < 1.29 is 0 Å². The van der Waals surface area contributed by atoms with Gasteiger partial charge in [-0.1, -0.05) is 17.7 Å². The van der Waals surface area contributed by atoms with E-state index >= 15 is 0 Å². The fourth-order valence-electron chi connectivity index (χ4n) is 1.83. The van der Waals surface area contributed by atoms with Crippen LogP contribution in [0.15, 0.2) is 29.6 Å². The third-order valence-corrected chi connectivity index (χ3v) is 3.80. The Kier molecular flexibility index (Phi) is 5.19. The molecule has 102 valence electrons.